The topological polar surface area (TPSA) is 106 Å². The Balaban J connectivity index is 1.26. The number of H-pyrrole nitrogens is 1. The Hall–Kier alpha value is -4.59. The van der Waals surface area contributed by atoms with Crippen LogP contribution >= 0.6 is 0 Å². The highest BCUT2D eigenvalue weighted by molar-refractivity contribution is 6.05. The fourth-order valence-corrected chi connectivity index (χ4v) is 4.43. The van der Waals surface area contributed by atoms with E-state index >= 15 is 0 Å². The predicted octanol–water partition coefficient (Wildman–Crippen LogP) is 5.18. The smallest absolute Gasteiger partial charge is 0.271 e. The van der Waals surface area contributed by atoms with Gasteiger partial charge in [-0.1, -0.05) is 24.3 Å². The Bertz CT molecular complexity index is 1490. The zero-order chi connectivity index (χ0) is 23.2. The molecule has 3 heterocycles. The van der Waals surface area contributed by atoms with E-state index < -0.39 is 11.0 Å². The molecule has 8 heteroatoms. The quantitative estimate of drug-likeness (QED) is 0.319. The molecule has 34 heavy (non-hydrogen) atoms. The van der Waals surface area contributed by atoms with Gasteiger partial charge < -0.3 is 19.8 Å². The van der Waals surface area contributed by atoms with Gasteiger partial charge in [0, 0.05) is 41.2 Å². The van der Waals surface area contributed by atoms with Crippen molar-refractivity contribution in [2.75, 3.05) is 5.32 Å². The van der Waals surface area contributed by atoms with E-state index in [-0.39, 0.29) is 11.5 Å². The molecular formula is C26H19N3O5. The number of hydrogen-bond acceptors (Lipinski definition) is 6. The van der Waals surface area contributed by atoms with Gasteiger partial charge in [-0.25, -0.2) is 0 Å². The van der Waals surface area contributed by atoms with E-state index in [1.54, 1.807) is 12.3 Å². The first kappa shape index (κ1) is 20.0. The van der Waals surface area contributed by atoms with Gasteiger partial charge in [-0.15, -0.1) is 0 Å². The zero-order valence-electron chi connectivity index (χ0n) is 17.9. The lowest BCUT2D eigenvalue weighted by atomic mass is 9.94. The van der Waals surface area contributed by atoms with Crippen LogP contribution in [0.3, 0.4) is 0 Å². The number of nitrogens with zero attached hydrogens (tertiary/aromatic N) is 1. The zero-order valence-corrected chi connectivity index (χ0v) is 17.9. The molecular weight excluding hydrogens is 434 g/mol. The fraction of sp³-hybridized carbons (Fsp3) is 0.115. The molecule has 0 saturated heterocycles. The summed E-state index contributed by atoms with van der Waals surface area (Å²) in [6.07, 6.45) is 1.37. The number of carbonyl (C=O) groups is 1. The van der Waals surface area contributed by atoms with E-state index in [2.05, 4.69) is 10.3 Å². The van der Waals surface area contributed by atoms with Crippen LogP contribution in [0.15, 0.2) is 84.4 Å². The maximum absolute atomic E-state index is 13.3. The van der Waals surface area contributed by atoms with Crippen LogP contribution < -0.4 is 10.1 Å². The molecule has 2 aliphatic rings. The number of hydrogen-bond donors (Lipinski definition) is 2. The minimum absolute atomic E-state index is 0.0157. The first-order valence-electron chi connectivity index (χ1n) is 10.8. The van der Waals surface area contributed by atoms with E-state index in [4.69, 9.17) is 9.47 Å². The summed E-state index contributed by atoms with van der Waals surface area (Å²) in [5.74, 6) is 1.04. The van der Waals surface area contributed by atoms with Crippen molar-refractivity contribution < 1.29 is 19.2 Å². The number of nitro groups is 1. The number of nitro benzene ring substituents is 1. The van der Waals surface area contributed by atoms with Crippen LogP contribution in [0.1, 0.15) is 22.8 Å². The van der Waals surface area contributed by atoms with Crippen LogP contribution in [-0.2, 0) is 22.6 Å². The van der Waals surface area contributed by atoms with Crippen molar-refractivity contribution in [3.05, 3.63) is 111 Å². The average Bonchev–Trinajstić information content (AvgIpc) is 3.41. The summed E-state index contributed by atoms with van der Waals surface area (Å²) in [5.41, 5.74) is 4.54. The lowest BCUT2D eigenvalue weighted by molar-refractivity contribution is -0.384. The number of Topliss-reactive ketones (excluding diaryl/α,β-unsaturated/α-hetero) is 1. The molecule has 2 aliphatic heterocycles. The molecule has 3 aromatic carbocycles. The molecule has 168 valence electrons. The van der Waals surface area contributed by atoms with Gasteiger partial charge >= 0.3 is 0 Å². The SMILES string of the molecule is O=C1C2=C(Nc3cc([N+](=O)[O-])ccc3C2)OC1c1c[nH]c2ccc(COc3ccccc3)cc12. The summed E-state index contributed by atoms with van der Waals surface area (Å²) >= 11 is 0. The van der Waals surface area contributed by atoms with E-state index in [1.165, 1.54) is 12.1 Å². The number of ketones is 1. The summed E-state index contributed by atoms with van der Waals surface area (Å²) < 4.78 is 11.9. The Kier molecular flexibility index (Phi) is 4.58. The van der Waals surface area contributed by atoms with E-state index in [0.29, 0.717) is 30.2 Å². The summed E-state index contributed by atoms with van der Waals surface area (Å²) in [5, 5.41) is 15.1. The average molecular weight is 453 g/mol. The molecule has 0 bridgehead atoms. The highest BCUT2D eigenvalue weighted by Gasteiger charge is 2.40. The van der Waals surface area contributed by atoms with Crippen molar-refractivity contribution in [1.29, 1.82) is 0 Å². The lowest BCUT2D eigenvalue weighted by Gasteiger charge is -2.18. The number of rotatable bonds is 5. The standard InChI is InChI=1S/C26H19N3O5/c30-24-20-11-16-7-8-17(29(31)32)12-23(16)28-26(20)34-25(24)21-13-27-22-9-6-15(10-19(21)22)14-33-18-4-2-1-3-5-18/h1-10,12-13,25,27-28H,11,14H2. The molecule has 0 spiro atoms. The van der Waals surface area contributed by atoms with Gasteiger partial charge in [-0.2, -0.15) is 0 Å². The minimum atomic E-state index is -0.791. The van der Waals surface area contributed by atoms with Gasteiger partial charge in [0.2, 0.25) is 5.78 Å². The third kappa shape index (κ3) is 3.36. The number of ether oxygens (including phenoxy) is 2. The highest BCUT2D eigenvalue weighted by Crippen LogP contribution is 2.42. The normalized spacial score (nSPS) is 16.6. The van der Waals surface area contributed by atoms with Gasteiger partial charge in [0.05, 0.1) is 16.2 Å². The van der Waals surface area contributed by atoms with E-state index in [9.17, 15) is 14.9 Å². The summed E-state index contributed by atoms with van der Waals surface area (Å²) in [6.45, 7) is 0.397. The number of non-ortho nitro benzene ring substituents is 1. The van der Waals surface area contributed by atoms with Gasteiger partial charge in [-0.3, -0.25) is 14.9 Å². The first-order valence-corrected chi connectivity index (χ1v) is 10.8. The Morgan fingerprint density at radius 2 is 1.94 bits per heavy atom. The second-order valence-electron chi connectivity index (χ2n) is 8.30. The minimum Gasteiger partial charge on any atom is -0.489 e. The van der Waals surface area contributed by atoms with Crippen LogP contribution in [0.5, 0.6) is 5.75 Å². The molecule has 1 unspecified atom stereocenters. The maximum Gasteiger partial charge on any atom is 0.271 e. The van der Waals surface area contributed by atoms with Crippen molar-refractivity contribution in [1.82, 2.24) is 4.98 Å². The summed E-state index contributed by atoms with van der Waals surface area (Å²) in [7, 11) is 0. The second-order valence-corrected chi connectivity index (χ2v) is 8.30. The Morgan fingerprint density at radius 3 is 2.76 bits per heavy atom. The van der Waals surface area contributed by atoms with Crippen LogP contribution in [0, 0.1) is 10.1 Å². The molecule has 1 atom stereocenters. The van der Waals surface area contributed by atoms with Crippen molar-refractivity contribution in [2.45, 2.75) is 19.1 Å². The number of aromatic nitrogens is 1. The Labute approximate surface area is 194 Å². The van der Waals surface area contributed by atoms with Crippen molar-refractivity contribution in [3.8, 4) is 5.75 Å². The monoisotopic (exact) mass is 453 g/mol. The van der Waals surface area contributed by atoms with E-state index in [0.717, 1.165) is 33.3 Å². The molecule has 8 nitrogen and oxygen atoms in total. The van der Waals surface area contributed by atoms with Gasteiger partial charge in [0.1, 0.15) is 12.4 Å². The molecule has 1 aromatic heterocycles. The van der Waals surface area contributed by atoms with Gasteiger partial charge in [-0.05, 0) is 41.5 Å². The van der Waals surface area contributed by atoms with Gasteiger partial charge in [0.25, 0.3) is 5.69 Å². The second kappa shape index (κ2) is 7.77. The van der Waals surface area contributed by atoms with Crippen molar-refractivity contribution in [3.63, 3.8) is 0 Å². The molecule has 0 saturated carbocycles. The number of fused-ring (bicyclic) bond motifs is 2. The molecule has 0 radical (unpaired) electrons. The number of para-hydroxylation sites is 1. The number of nitrogens with one attached hydrogen (secondary N) is 2. The third-order valence-electron chi connectivity index (χ3n) is 6.17. The largest absolute Gasteiger partial charge is 0.489 e. The maximum atomic E-state index is 13.3. The summed E-state index contributed by atoms with van der Waals surface area (Å²) in [6, 6.07) is 20.1. The molecule has 6 rings (SSSR count). The van der Waals surface area contributed by atoms with Crippen molar-refractivity contribution in [2.24, 2.45) is 0 Å². The third-order valence-corrected chi connectivity index (χ3v) is 6.17. The van der Waals surface area contributed by atoms with Crippen LogP contribution in [0.25, 0.3) is 10.9 Å². The molecule has 4 aromatic rings. The number of aromatic amines is 1. The van der Waals surface area contributed by atoms with Crippen LogP contribution in [0.4, 0.5) is 11.4 Å². The number of benzene rings is 3. The van der Waals surface area contributed by atoms with E-state index in [1.807, 2.05) is 48.5 Å². The lowest BCUT2D eigenvalue weighted by Crippen LogP contribution is -2.13. The van der Waals surface area contributed by atoms with Gasteiger partial charge in [0.15, 0.2) is 12.0 Å². The fourth-order valence-electron chi connectivity index (χ4n) is 4.43. The van der Waals surface area contributed by atoms with Crippen LogP contribution in [-0.4, -0.2) is 15.7 Å². The summed E-state index contributed by atoms with van der Waals surface area (Å²) in [4.78, 5) is 27.2. The molecule has 0 amide bonds. The van der Waals surface area contributed by atoms with Crippen LogP contribution in [0.2, 0.25) is 0 Å². The molecule has 0 aliphatic carbocycles. The molecule has 2 N–H and O–H groups in total. The molecule has 0 fully saturated rings. The Morgan fingerprint density at radius 1 is 1.09 bits per heavy atom. The first-order chi connectivity index (χ1) is 16.6. The number of anilines is 1. The van der Waals surface area contributed by atoms with Crippen molar-refractivity contribution >= 4 is 28.1 Å². The predicted molar refractivity (Wildman–Crippen MR) is 125 cm³/mol. The number of carbonyl (C=O) groups excluding carboxylic acids is 1. The highest BCUT2D eigenvalue weighted by atomic mass is 16.6.